The predicted molar refractivity (Wildman–Crippen MR) is 74.8 cm³/mol. The molecule has 0 aliphatic rings. The molecule has 2 N–H and O–H groups in total. The van der Waals surface area contributed by atoms with E-state index >= 15 is 0 Å². The molecule has 1 heterocycles. The summed E-state index contributed by atoms with van der Waals surface area (Å²) in [5.41, 5.74) is 6.43. The first kappa shape index (κ1) is 13.6. The van der Waals surface area contributed by atoms with Gasteiger partial charge in [-0.15, -0.1) is 0 Å². The Morgan fingerprint density at radius 3 is 2.84 bits per heavy atom. The summed E-state index contributed by atoms with van der Waals surface area (Å²) in [4.78, 5) is 4.15. The topological polar surface area (TPSA) is 57.4 Å². The first-order valence-electron chi connectivity index (χ1n) is 5.98. The van der Waals surface area contributed by atoms with Gasteiger partial charge in [-0.25, -0.2) is 4.98 Å². The van der Waals surface area contributed by atoms with Gasteiger partial charge in [-0.05, 0) is 36.8 Å². The molecule has 0 saturated carbocycles. The lowest BCUT2D eigenvalue weighted by atomic mass is 10.2. The van der Waals surface area contributed by atoms with Gasteiger partial charge in [0.05, 0.1) is 6.61 Å². The third-order valence-corrected chi connectivity index (χ3v) is 2.85. The van der Waals surface area contributed by atoms with Crippen LogP contribution >= 0.6 is 11.6 Å². The fourth-order valence-corrected chi connectivity index (χ4v) is 1.83. The van der Waals surface area contributed by atoms with Crippen LogP contribution in [-0.4, -0.2) is 11.6 Å². The predicted octanol–water partition coefficient (Wildman–Crippen LogP) is 3.38. The Hall–Kier alpha value is -1.78. The maximum Gasteiger partial charge on any atom is 0.262 e. The van der Waals surface area contributed by atoms with Crippen LogP contribution in [0.1, 0.15) is 12.5 Å². The molecular weight excluding hydrogens is 264 g/mol. The van der Waals surface area contributed by atoms with Gasteiger partial charge in [-0.1, -0.05) is 17.7 Å². The Bertz CT molecular complexity index is 561. The van der Waals surface area contributed by atoms with E-state index in [0.717, 1.165) is 5.56 Å². The first-order chi connectivity index (χ1) is 9.24. The van der Waals surface area contributed by atoms with Crippen LogP contribution in [0.3, 0.4) is 0 Å². The smallest absolute Gasteiger partial charge is 0.262 e. The maximum atomic E-state index is 6.09. The minimum atomic E-state index is 0.396. The Balaban J connectivity index is 2.23. The average molecular weight is 279 g/mol. The van der Waals surface area contributed by atoms with Gasteiger partial charge in [-0.2, -0.15) is 0 Å². The largest absolute Gasteiger partial charge is 0.488 e. The lowest BCUT2D eigenvalue weighted by Crippen LogP contribution is -1.98. The third kappa shape index (κ3) is 3.36. The van der Waals surface area contributed by atoms with Gasteiger partial charge < -0.3 is 15.2 Å². The minimum Gasteiger partial charge on any atom is -0.488 e. The number of halogens is 1. The summed E-state index contributed by atoms with van der Waals surface area (Å²) >= 11 is 6.09. The highest BCUT2D eigenvalue weighted by molar-refractivity contribution is 6.31. The van der Waals surface area contributed by atoms with Crippen LogP contribution in [0, 0.1) is 0 Å². The van der Waals surface area contributed by atoms with Crippen molar-refractivity contribution in [3.63, 3.8) is 0 Å². The van der Waals surface area contributed by atoms with E-state index in [1.165, 1.54) is 0 Å². The second-order valence-corrected chi connectivity index (χ2v) is 4.21. The number of pyridine rings is 1. The van der Waals surface area contributed by atoms with E-state index in [9.17, 15) is 0 Å². The van der Waals surface area contributed by atoms with E-state index in [1.54, 1.807) is 24.4 Å². The molecule has 0 spiro atoms. The molecule has 4 nitrogen and oxygen atoms in total. The second kappa shape index (κ2) is 6.41. The van der Waals surface area contributed by atoms with Crippen LogP contribution in [0.15, 0.2) is 36.5 Å². The highest BCUT2D eigenvalue weighted by atomic mass is 35.5. The van der Waals surface area contributed by atoms with Gasteiger partial charge >= 0.3 is 0 Å². The lowest BCUT2D eigenvalue weighted by molar-refractivity contribution is 0.316. The van der Waals surface area contributed by atoms with Crippen LogP contribution in [0.2, 0.25) is 5.02 Å². The molecule has 2 rings (SSSR count). The van der Waals surface area contributed by atoms with Gasteiger partial charge in [0.25, 0.3) is 5.88 Å². The molecule has 100 valence electrons. The molecule has 0 radical (unpaired) electrons. The molecule has 1 aromatic heterocycles. The maximum absolute atomic E-state index is 6.09. The summed E-state index contributed by atoms with van der Waals surface area (Å²) in [7, 11) is 0. The van der Waals surface area contributed by atoms with Crippen LogP contribution in [-0.2, 0) is 6.54 Å². The average Bonchev–Trinajstić information content (AvgIpc) is 2.41. The molecule has 0 aliphatic carbocycles. The molecule has 0 amide bonds. The molecule has 0 atom stereocenters. The van der Waals surface area contributed by atoms with E-state index in [0.29, 0.717) is 35.6 Å². The summed E-state index contributed by atoms with van der Waals surface area (Å²) in [5.74, 6) is 1.62. The number of benzene rings is 1. The molecule has 0 unspecified atom stereocenters. The quantitative estimate of drug-likeness (QED) is 0.911. The zero-order valence-electron chi connectivity index (χ0n) is 10.6. The van der Waals surface area contributed by atoms with Crippen molar-refractivity contribution in [2.75, 3.05) is 6.61 Å². The summed E-state index contributed by atoms with van der Waals surface area (Å²) in [6, 6.07) is 8.96. The van der Waals surface area contributed by atoms with E-state index in [2.05, 4.69) is 4.98 Å². The van der Waals surface area contributed by atoms with Gasteiger partial charge in [0.15, 0.2) is 5.75 Å². The number of ether oxygens (including phenoxy) is 2. The van der Waals surface area contributed by atoms with Gasteiger partial charge in [0.1, 0.15) is 5.75 Å². The molecule has 0 fully saturated rings. The van der Waals surface area contributed by atoms with Crippen molar-refractivity contribution in [2.24, 2.45) is 5.73 Å². The second-order valence-electron chi connectivity index (χ2n) is 3.80. The Kier molecular flexibility index (Phi) is 4.60. The van der Waals surface area contributed by atoms with Crippen LogP contribution in [0.5, 0.6) is 17.4 Å². The minimum absolute atomic E-state index is 0.396. The van der Waals surface area contributed by atoms with E-state index in [-0.39, 0.29) is 0 Å². The highest BCUT2D eigenvalue weighted by Crippen LogP contribution is 2.31. The molecular formula is C14H15ClN2O2. The van der Waals surface area contributed by atoms with Crippen molar-refractivity contribution in [2.45, 2.75) is 13.5 Å². The van der Waals surface area contributed by atoms with Crippen molar-refractivity contribution in [3.8, 4) is 17.4 Å². The van der Waals surface area contributed by atoms with Crippen LogP contribution < -0.4 is 15.2 Å². The number of nitrogens with two attached hydrogens (primary N) is 1. The highest BCUT2D eigenvalue weighted by Gasteiger charge is 2.08. The summed E-state index contributed by atoms with van der Waals surface area (Å²) in [6.45, 7) is 2.85. The van der Waals surface area contributed by atoms with Gasteiger partial charge in [0, 0.05) is 17.8 Å². The molecule has 2 aromatic rings. The molecule has 19 heavy (non-hydrogen) atoms. The number of nitrogens with zero attached hydrogens (tertiary/aromatic N) is 1. The lowest BCUT2D eigenvalue weighted by Gasteiger charge is -2.10. The van der Waals surface area contributed by atoms with Crippen LogP contribution in [0.4, 0.5) is 0 Å². The SMILES string of the molecule is CCOc1cccnc1Oc1ccc(CN)c(Cl)c1. The Morgan fingerprint density at radius 2 is 2.16 bits per heavy atom. The zero-order valence-corrected chi connectivity index (χ0v) is 11.4. The number of hydrogen-bond acceptors (Lipinski definition) is 4. The third-order valence-electron chi connectivity index (χ3n) is 2.50. The normalized spacial score (nSPS) is 10.3. The van der Waals surface area contributed by atoms with Crippen molar-refractivity contribution in [1.82, 2.24) is 4.98 Å². The standard InChI is InChI=1S/C14H15ClN2O2/c1-2-18-13-4-3-7-17-14(13)19-11-6-5-10(9-16)12(15)8-11/h3-8H,2,9,16H2,1H3. The fraction of sp³-hybridized carbons (Fsp3) is 0.214. The van der Waals surface area contributed by atoms with Crippen LogP contribution in [0.25, 0.3) is 0 Å². The van der Waals surface area contributed by atoms with Crippen molar-refractivity contribution in [3.05, 3.63) is 47.1 Å². The number of aromatic nitrogens is 1. The first-order valence-corrected chi connectivity index (χ1v) is 6.36. The molecule has 0 aliphatic heterocycles. The Morgan fingerprint density at radius 1 is 1.32 bits per heavy atom. The molecule has 5 heteroatoms. The number of hydrogen-bond donors (Lipinski definition) is 1. The Labute approximate surface area is 117 Å². The van der Waals surface area contributed by atoms with E-state index < -0.39 is 0 Å². The van der Waals surface area contributed by atoms with E-state index in [1.807, 2.05) is 19.1 Å². The van der Waals surface area contributed by atoms with Gasteiger partial charge in [0.2, 0.25) is 0 Å². The summed E-state index contributed by atoms with van der Waals surface area (Å²) in [6.07, 6.45) is 1.65. The monoisotopic (exact) mass is 278 g/mol. The van der Waals surface area contributed by atoms with E-state index in [4.69, 9.17) is 26.8 Å². The molecule has 1 aromatic carbocycles. The fourth-order valence-electron chi connectivity index (χ4n) is 1.59. The molecule has 0 bridgehead atoms. The zero-order chi connectivity index (χ0) is 13.7. The molecule has 0 saturated heterocycles. The summed E-state index contributed by atoms with van der Waals surface area (Å²) in [5, 5.41) is 0.578. The van der Waals surface area contributed by atoms with Crippen molar-refractivity contribution in [1.29, 1.82) is 0 Å². The van der Waals surface area contributed by atoms with Crippen molar-refractivity contribution < 1.29 is 9.47 Å². The summed E-state index contributed by atoms with van der Waals surface area (Å²) < 4.78 is 11.1. The van der Waals surface area contributed by atoms with Gasteiger partial charge in [-0.3, -0.25) is 0 Å². The number of rotatable bonds is 5. The van der Waals surface area contributed by atoms with Crippen molar-refractivity contribution >= 4 is 11.6 Å².